The number of fused-ring (bicyclic) bond motifs is 1. The van der Waals surface area contributed by atoms with Crippen molar-refractivity contribution in [2.24, 2.45) is 0 Å². The van der Waals surface area contributed by atoms with Gasteiger partial charge in [-0.1, -0.05) is 36.7 Å². The molecule has 5 nitrogen and oxygen atoms in total. The van der Waals surface area contributed by atoms with E-state index < -0.39 is 11.8 Å². The largest absolute Gasteiger partial charge is 0.488 e. The number of hydrogen-bond acceptors (Lipinski definition) is 5. The summed E-state index contributed by atoms with van der Waals surface area (Å²) in [5, 5.41) is 0.468. The first-order valence-corrected chi connectivity index (χ1v) is 11.1. The van der Waals surface area contributed by atoms with E-state index in [0.29, 0.717) is 28.7 Å². The SMILES string of the molecule is CCc1cc2c(=O)c(-c3c(F)cccc3Cl)c(C)oc2cc1OCc1ccc(C(=O)OC)cc1. The molecule has 7 heteroatoms. The van der Waals surface area contributed by atoms with Crippen molar-refractivity contribution in [3.8, 4) is 16.9 Å². The molecule has 1 heterocycles. The molecule has 0 radical (unpaired) electrons. The molecule has 4 aromatic rings. The number of esters is 1. The van der Waals surface area contributed by atoms with Crippen LogP contribution in [0.15, 0.2) is 63.8 Å². The van der Waals surface area contributed by atoms with E-state index >= 15 is 0 Å². The lowest BCUT2D eigenvalue weighted by atomic mass is 10.00. The number of methoxy groups -OCH3 is 1. The Morgan fingerprint density at radius 3 is 2.47 bits per heavy atom. The van der Waals surface area contributed by atoms with Gasteiger partial charge in [0.25, 0.3) is 0 Å². The lowest BCUT2D eigenvalue weighted by Gasteiger charge is -2.14. The maximum atomic E-state index is 14.5. The fraction of sp³-hybridized carbons (Fsp3) is 0.185. The Labute approximate surface area is 200 Å². The molecular formula is C27H22ClFO5. The molecule has 0 saturated heterocycles. The van der Waals surface area contributed by atoms with E-state index in [1.165, 1.54) is 25.3 Å². The van der Waals surface area contributed by atoms with Crippen LogP contribution in [-0.4, -0.2) is 13.1 Å². The summed E-state index contributed by atoms with van der Waals surface area (Å²) in [6, 6.07) is 14.6. The van der Waals surface area contributed by atoms with Gasteiger partial charge in [-0.15, -0.1) is 0 Å². The Kier molecular flexibility index (Phi) is 6.70. The topological polar surface area (TPSA) is 65.7 Å². The number of halogens is 2. The Bertz CT molecular complexity index is 1420. The van der Waals surface area contributed by atoms with Crippen LogP contribution in [0.5, 0.6) is 5.75 Å². The minimum Gasteiger partial charge on any atom is -0.488 e. The van der Waals surface area contributed by atoms with E-state index in [-0.39, 0.29) is 33.9 Å². The smallest absolute Gasteiger partial charge is 0.337 e. The molecule has 1 aromatic heterocycles. The molecule has 0 atom stereocenters. The molecule has 0 unspecified atom stereocenters. The van der Waals surface area contributed by atoms with Crippen LogP contribution in [-0.2, 0) is 17.8 Å². The van der Waals surface area contributed by atoms with Crippen molar-refractivity contribution in [1.82, 2.24) is 0 Å². The fourth-order valence-corrected chi connectivity index (χ4v) is 4.09. The summed E-state index contributed by atoms with van der Waals surface area (Å²) in [4.78, 5) is 25.0. The number of carbonyl (C=O) groups is 1. The van der Waals surface area contributed by atoms with Gasteiger partial charge in [-0.25, -0.2) is 9.18 Å². The first kappa shape index (κ1) is 23.5. The maximum Gasteiger partial charge on any atom is 0.337 e. The molecule has 34 heavy (non-hydrogen) atoms. The third kappa shape index (κ3) is 4.41. The lowest BCUT2D eigenvalue weighted by Crippen LogP contribution is -2.10. The van der Waals surface area contributed by atoms with Gasteiger partial charge in [-0.2, -0.15) is 0 Å². The van der Waals surface area contributed by atoms with Crippen molar-refractivity contribution in [2.45, 2.75) is 26.9 Å². The zero-order chi connectivity index (χ0) is 24.4. The number of aryl methyl sites for hydroxylation is 2. The molecule has 0 N–H and O–H groups in total. The van der Waals surface area contributed by atoms with Crippen LogP contribution < -0.4 is 10.2 Å². The highest BCUT2D eigenvalue weighted by molar-refractivity contribution is 6.33. The van der Waals surface area contributed by atoms with Crippen LogP contribution in [0, 0.1) is 12.7 Å². The highest BCUT2D eigenvalue weighted by Gasteiger charge is 2.20. The summed E-state index contributed by atoms with van der Waals surface area (Å²) < 4.78 is 31.2. The van der Waals surface area contributed by atoms with Crippen LogP contribution in [0.4, 0.5) is 4.39 Å². The number of carbonyl (C=O) groups excluding carboxylic acids is 1. The zero-order valence-corrected chi connectivity index (χ0v) is 19.7. The third-order valence-electron chi connectivity index (χ3n) is 5.61. The predicted molar refractivity (Wildman–Crippen MR) is 129 cm³/mol. The molecule has 0 aliphatic heterocycles. The van der Waals surface area contributed by atoms with E-state index in [9.17, 15) is 14.0 Å². The monoisotopic (exact) mass is 480 g/mol. The van der Waals surface area contributed by atoms with E-state index in [1.54, 1.807) is 43.3 Å². The van der Waals surface area contributed by atoms with Crippen molar-refractivity contribution in [3.63, 3.8) is 0 Å². The van der Waals surface area contributed by atoms with Crippen LogP contribution in [0.2, 0.25) is 5.02 Å². The Morgan fingerprint density at radius 1 is 1.09 bits per heavy atom. The van der Waals surface area contributed by atoms with Crippen LogP contribution in [0.25, 0.3) is 22.1 Å². The van der Waals surface area contributed by atoms with Crippen molar-refractivity contribution in [1.29, 1.82) is 0 Å². The number of rotatable bonds is 6. The van der Waals surface area contributed by atoms with Crippen LogP contribution in [0.1, 0.15) is 34.2 Å². The van der Waals surface area contributed by atoms with Gasteiger partial charge in [-0.05, 0) is 54.8 Å². The first-order valence-electron chi connectivity index (χ1n) is 10.7. The van der Waals surface area contributed by atoms with Crippen molar-refractivity contribution < 1.29 is 23.1 Å². The van der Waals surface area contributed by atoms with Gasteiger partial charge in [0.15, 0.2) is 0 Å². The van der Waals surface area contributed by atoms with E-state index in [2.05, 4.69) is 0 Å². The van der Waals surface area contributed by atoms with Gasteiger partial charge >= 0.3 is 5.97 Å². The fourth-order valence-electron chi connectivity index (χ4n) is 3.83. The molecule has 0 amide bonds. The second kappa shape index (κ2) is 9.69. The Hall–Kier alpha value is -3.64. The summed E-state index contributed by atoms with van der Waals surface area (Å²) in [7, 11) is 1.33. The third-order valence-corrected chi connectivity index (χ3v) is 5.93. The summed E-state index contributed by atoms with van der Waals surface area (Å²) in [6.07, 6.45) is 0.607. The predicted octanol–water partition coefficient (Wildman–Crippen LogP) is 6.49. The van der Waals surface area contributed by atoms with Crippen LogP contribution in [0.3, 0.4) is 0 Å². The van der Waals surface area contributed by atoms with E-state index in [0.717, 1.165) is 11.1 Å². The summed E-state index contributed by atoms with van der Waals surface area (Å²) in [5.41, 5.74) is 2.24. The maximum absolute atomic E-state index is 14.5. The quantitative estimate of drug-likeness (QED) is 0.295. The molecule has 0 aliphatic rings. The Balaban J connectivity index is 1.72. The lowest BCUT2D eigenvalue weighted by molar-refractivity contribution is 0.0600. The van der Waals surface area contributed by atoms with Gasteiger partial charge in [-0.3, -0.25) is 4.79 Å². The molecule has 0 spiro atoms. The number of ether oxygens (including phenoxy) is 2. The average molecular weight is 481 g/mol. The highest BCUT2D eigenvalue weighted by Crippen LogP contribution is 2.34. The normalized spacial score (nSPS) is 11.0. The average Bonchev–Trinajstić information content (AvgIpc) is 2.83. The van der Waals surface area contributed by atoms with E-state index in [1.807, 2.05) is 6.92 Å². The van der Waals surface area contributed by atoms with Gasteiger partial charge in [0.05, 0.1) is 28.6 Å². The van der Waals surface area contributed by atoms with Crippen molar-refractivity contribution in [3.05, 3.63) is 98.1 Å². The second-order valence-electron chi connectivity index (χ2n) is 7.75. The van der Waals surface area contributed by atoms with Crippen molar-refractivity contribution >= 4 is 28.5 Å². The molecule has 0 aliphatic carbocycles. The van der Waals surface area contributed by atoms with Gasteiger partial charge < -0.3 is 13.9 Å². The first-order chi connectivity index (χ1) is 16.3. The Morgan fingerprint density at radius 2 is 1.82 bits per heavy atom. The molecule has 0 bridgehead atoms. The minimum absolute atomic E-state index is 0.0334. The zero-order valence-electron chi connectivity index (χ0n) is 18.9. The highest BCUT2D eigenvalue weighted by atomic mass is 35.5. The van der Waals surface area contributed by atoms with Gasteiger partial charge in [0.2, 0.25) is 5.43 Å². The van der Waals surface area contributed by atoms with Crippen molar-refractivity contribution in [2.75, 3.05) is 7.11 Å². The minimum atomic E-state index is -0.587. The van der Waals surface area contributed by atoms with Gasteiger partial charge in [0, 0.05) is 11.6 Å². The number of hydrogen-bond donors (Lipinski definition) is 0. The molecule has 4 rings (SSSR count). The van der Waals surface area contributed by atoms with Gasteiger partial charge in [0.1, 0.15) is 29.5 Å². The number of benzene rings is 3. The van der Waals surface area contributed by atoms with Crippen LogP contribution >= 0.6 is 11.6 Å². The molecule has 0 saturated carbocycles. The summed E-state index contributed by atoms with van der Waals surface area (Å²) in [6.45, 7) is 3.81. The standard InChI is InChI=1S/C27H22ClFO5/c1-4-17-12-19-23(13-22(17)33-14-16-8-10-18(11-9-16)27(31)32-3)34-15(2)24(26(19)30)25-20(28)6-5-7-21(25)29/h5-13H,4,14H2,1-3H3. The van der Waals surface area contributed by atoms with E-state index in [4.69, 9.17) is 25.5 Å². The molecule has 174 valence electrons. The molecule has 3 aromatic carbocycles. The molecule has 0 fully saturated rings. The molecular weight excluding hydrogens is 459 g/mol. The summed E-state index contributed by atoms with van der Waals surface area (Å²) >= 11 is 6.21. The second-order valence-corrected chi connectivity index (χ2v) is 8.15. The summed E-state index contributed by atoms with van der Waals surface area (Å²) in [5.74, 6) is -0.155.